The van der Waals surface area contributed by atoms with Crippen LogP contribution in [0.2, 0.25) is 0 Å². The maximum absolute atomic E-state index is 12.3. The minimum atomic E-state index is -0.639. The third kappa shape index (κ3) is 4.02. The van der Waals surface area contributed by atoms with E-state index in [0.29, 0.717) is 22.8 Å². The Balaban J connectivity index is 3.06. The SMILES string of the molecule is COc1cc(OC)c(C(=O)NCC(C)(C)C#N)cc1OC. The van der Waals surface area contributed by atoms with Crippen LogP contribution in [0, 0.1) is 16.7 Å². The summed E-state index contributed by atoms with van der Waals surface area (Å²) < 4.78 is 15.6. The van der Waals surface area contributed by atoms with Crippen molar-refractivity contribution in [1.29, 1.82) is 5.26 Å². The summed E-state index contributed by atoms with van der Waals surface area (Å²) in [5.41, 5.74) is -0.316. The second kappa shape index (κ2) is 6.84. The molecular weight excluding hydrogens is 272 g/mol. The Morgan fingerprint density at radius 2 is 1.67 bits per heavy atom. The number of hydrogen-bond acceptors (Lipinski definition) is 5. The maximum atomic E-state index is 12.3. The highest BCUT2D eigenvalue weighted by molar-refractivity contribution is 5.97. The zero-order chi connectivity index (χ0) is 16.0. The average Bonchev–Trinajstić information content (AvgIpc) is 2.51. The smallest absolute Gasteiger partial charge is 0.255 e. The quantitative estimate of drug-likeness (QED) is 0.867. The van der Waals surface area contributed by atoms with E-state index in [2.05, 4.69) is 11.4 Å². The van der Waals surface area contributed by atoms with E-state index in [1.807, 2.05) is 0 Å². The lowest BCUT2D eigenvalue weighted by Gasteiger charge is -2.17. The zero-order valence-electron chi connectivity index (χ0n) is 12.9. The standard InChI is InChI=1S/C15H20N2O4/c1-15(2,8-16)9-17-14(18)10-6-12(20-4)13(21-5)7-11(10)19-3/h6-7H,9H2,1-5H3,(H,17,18). The first-order chi connectivity index (χ1) is 9.88. The number of nitriles is 1. The number of amides is 1. The van der Waals surface area contributed by atoms with Crippen molar-refractivity contribution in [3.8, 4) is 23.3 Å². The van der Waals surface area contributed by atoms with Crippen LogP contribution in [0.25, 0.3) is 0 Å². The van der Waals surface area contributed by atoms with Crippen LogP contribution in [0.5, 0.6) is 17.2 Å². The Morgan fingerprint density at radius 1 is 1.14 bits per heavy atom. The van der Waals surface area contributed by atoms with Gasteiger partial charge in [-0.25, -0.2) is 0 Å². The summed E-state index contributed by atoms with van der Waals surface area (Å²) in [6, 6.07) is 5.26. The number of hydrogen-bond donors (Lipinski definition) is 1. The minimum Gasteiger partial charge on any atom is -0.496 e. The second-order valence-corrected chi connectivity index (χ2v) is 5.09. The van der Waals surface area contributed by atoms with Crippen molar-refractivity contribution in [1.82, 2.24) is 5.32 Å². The van der Waals surface area contributed by atoms with E-state index in [0.717, 1.165) is 0 Å². The molecular formula is C15H20N2O4. The Labute approximate surface area is 124 Å². The molecule has 0 aliphatic rings. The van der Waals surface area contributed by atoms with Gasteiger partial charge in [0.15, 0.2) is 11.5 Å². The van der Waals surface area contributed by atoms with Crippen LogP contribution in [-0.4, -0.2) is 33.8 Å². The number of carbonyl (C=O) groups excluding carboxylic acids is 1. The van der Waals surface area contributed by atoms with Gasteiger partial charge >= 0.3 is 0 Å². The summed E-state index contributed by atoms with van der Waals surface area (Å²) in [5, 5.41) is 11.7. The molecule has 0 heterocycles. The molecule has 6 nitrogen and oxygen atoms in total. The van der Waals surface area contributed by atoms with E-state index in [-0.39, 0.29) is 12.5 Å². The largest absolute Gasteiger partial charge is 0.496 e. The number of methoxy groups -OCH3 is 3. The molecule has 0 saturated heterocycles. The Kier molecular flexibility index (Phi) is 5.42. The van der Waals surface area contributed by atoms with Crippen molar-refractivity contribution >= 4 is 5.91 Å². The number of benzene rings is 1. The van der Waals surface area contributed by atoms with Gasteiger partial charge in [0.25, 0.3) is 5.91 Å². The predicted octanol–water partition coefficient (Wildman–Crippen LogP) is 1.99. The van der Waals surface area contributed by atoms with Gasteiger partial charge in [0, 0.05) is 18.7 Å². The van der Waals surface area contributed by atoms with Crippen LogP contribution < -0.4 is 19.5 Å². The van der Waals surface area contributed by atoms with E-state index in [1.54, 1.807) is 26.0 Å². The molecule has 0 radical (unpaired) electrons. The minimum absolute atomic E-state index is 0.236. The first-order valence-corrected chi connectivity index (χ1v) is 6.38. The molecule has 1 aromatic carbocycles. The van der Waals surface area contributed by atoms with Gasteiger partial charge in [-0.05, 0) is 13.8 Å². The van der Waals surface area contributed by atoms with Gasteiger partial charge in [-0.3, -0.25) is 4.79 Å². The molecule has 6 heteroatoms. The third-order valence-electron chi connectivity index (χ3n) is 2.94. The summed E-state index contributed by atoms with van der Waals surface area (Å²) in [4.78, 5) is 12.3. The fourth-order valence-electron chi connectivity index (χ4n) is 1.64. The highest BCUT2D eigenvalue weighted by atomic mass is 16.5. The van der Waals surface area contributed by atoms with Gasteiger partial charge in [-0.2, -0.15) is 5.26 Å². The van der Waals surface area contributed by atoms with Gasteiger partial charge < -0.3 is 19.5 Å². The summed E-state index contributed by atoms with van der Waals surface area (Å²) in [7, 11) is 4.47. The average molecular weight is 292 g/mol. The summed E-state index contributed by atoms with van der Waals surface area (Å²) >= 11 is 0. The number of carbonyl (C=O) groups is 1. The maximum Gasteiger partial charge on any atom is 0.255 e. The van der Waals surface area contributed by atoms with Crippen molar-refractivity contribution in [3.63, 3.8) is 0 Å². The third-order valence-corrected chi connectivity index (χ3v) is 2.94. The molecule has 21 heavy (non-hydrogen) atoms. The van der Waals surface area contributed by atoms with Crippen molar-refractivity contribution in [3.05, 3.63) is 17.7 Å². The molecule has 0 atom stereocenters. The monoisotopic (exact) mass is 292 g/mol. The first kappa shape index (κ1) is 16.6. The van der Waals surface area contributed by atoms with Crippen molar-refractivity contribution in [2.45, 2.75) is 13.8 Å². The van der Waals surface area contributed by atoms with E-state index in [1.165, 1.54) is 21.3 Å². The highest BCUT2D eigenvalue weighted by Crippen LogP contribution is 2.34. The summed E-state index contributed by atoms with van der Waals surface area (Å²) in [5.74, 6) is 0.947. The second-order valence-electron chi connectivity index (χ2n) is 5.09. The molecule has 0 spiro atoms. The number of ether oxygens (including phenoxy) is 3. The molecule has 0 bridgehead atoms. The predicted molar refractivity (Wildman–Crippen MR) is 77.8 cm³/mol. The fourth-order valence-corrected chi connectivity index (χ4v) is 1.64. The molecule has 1 rings (SSSR count). The fraction of sp³-hybridized carbons (Fsp3) is 0.467. The molecule has 1 aromatic rings. The van der Waals surface area contributed by atoms with Crippen molar-refractivity contribution in [2.24, 2.45) is 5.41 Å². The zero-order valence-corrected chi connectivity index (χ0v) is 12.9. The molecule has 0 fully saturated rings. The molecule has 0 aliphatic heterocycles. The van der Waals surface area contributed by atoms with Crippen molar-refractivity contribution < 1.29 is 19.0 Å². The Bertz CT molecular complexity index is 562. The molecule has 1 amide bonds. The molecule has 0 aliphatic carbocycles. The van der Waals surface area contributed by atoms with Gasteiger partial charge in [-0.15, -0.1) is 0 Å². The lowest BCUT2D eigenvalue weighted by molar-refractivity contribution is 0.0940. The number of nitrogens with zero attached hydrogens (tertiary/aromatic N) is 1. The van der Waals surface area contributed by atoms with E-state index >= 15 is 0 Å². The van der Waals surface area contributed by atoms with Crippen molar-refractivity contribution in [2.75, 3.05) is 27.9 Å². The lowest BCUT2D eigenvalue weighted by atomic mass is 9.96. The van der Waals surface area contributed by atoms with Gasteiger partial charge in [0.2, 0.25) is 0 Å². The molecule has 0 unspecified atom stereocenters. The first-order valence-electron chi connectivity index (χ1n) is 6.38. The van der Waals surface area contributed by atoms with Crippen LogP contribution in [-0.2, 0) is 0 Å². The van der Waals surface area contributed by atoms with Gasteiger partial charge in [0.1, 0.15) is 5.75 Å². The number of nitrogens with one attached hydrogen (secondary N) is 1. The van der Waals surface area contributed by atoms with Crippen LogP contribution in [0.1, 0.15) is 24.2 Å². The van der Waals surface area contributed by atoms with E-state index in [4.69, 9.17) is 19.5 Å². The number of rotatable bonds is 6. The Hall–Kier alpha value is -2.42. The summed E-state index contributed by atoms with van der Waals surface area (Å²) in [6.45, 7) is 3.73. The van der Waals surface area contributed by atoms with Crippen LogP contribution >= 0.6 is 0 Å². The molecule has 0 aromatic heterocycles. The topological polar surface area (TPSA) is 80.6 Å². The lowest BCUT2D eigenvalue weighted by Crippen LogP contribution is -2.33. The van der Waals surface area contributed by atoms with Crippen LogP contribution in [0.3, 0.4) is 0 Å². The Morgan fingerprint density at radius 3 is 2.14 bits per heavy atom. The highest BCUT2D eigenvalue weighted by Gasteiger charge is 2.21. The molecule has 0 saturated carbocycles. The van der Waals surface area contributed by atoms with E-state index in [9.17, 15) is 4.79 Å². The normalized spacial score (nSPS) is 10.5. The van der Waals surface area contributed by atoms with Gasteiger partial charge in [0.05, 0.1) is 38.4 Å². The summed E-state index contributed by atoms with van der Waals surface area (Å²) in [6.07, 6.45) is 0. The van der Waals surface area contributed by atoms with Crippen LogP contribution in [0.4, 0.5) is 0 Å². The van der Waals surface area contributed by atoms with Gasteiger partial charge in [-0.1, -0.05) is 0 Å². The van der Waals surface area contributed by atoms with E-state index < -0.39 is 5.41 Å². The molecule has 114 valence electrons. The molecule has 1 N–H and O–H groups in total. The van der Waals surface area contributed by atoms with Crippen LogP contribution in [0.15, 0.2) is 12.1 Å².